The van der Waals surface area contributed by atoms with Crippen molar-refractivity contribution in [2.45, 2.75) is 12.0 Å². The molecule has 96 valence electrons. The van der Waals surface area contributed by atoms with E-state index in [1.54, 1.807) is 0 Å². The highest BCUT2D eigenvalue weighted by atomic mass is 16.6. The van der Waals surface area contributed by atoms with E-state index in [1.807, 2.05) is 0 Å². The van der Waals surface area contributed by atoms with Crippen LogP contribution in [0.3, 0.4) is 0 Å². The topological polar surface area (TPSA) is 115 Å². The van der Waals surface area contributed by atoms with Gasteiger partial charge >= 0.3 is 11.7 Å². The van der Waals surface area contributed by atoms with Crippen LogP contribution in [0.15, 0.2) is 18.5 Å². The van der Waals surface area contributed by atoms with Crippen molar-refractivity contribution in [1.29, 1.82) is 0 Å². The second-order valence-electron chi connectivity index (χ2n) is 3.96. The van der Waals surface area contributed by atoms with Crippen LogP contribution in [0.2, 0.25) is 0 Å². The Morgan fingerprint density at radius 2 is 2.44 bits per heavy atom. The lowest BCUT2D eigenvalue weighted by atomic mass is 9.98. The zero-order valence-corrected chi connectivity index (χ0v) is 9.33. The van der Waals surface area contributed by atoms with Crippen LogP contribution in [-0.4, -0.2) is 39.7 Å². The first kappa shape index (κ1) is 12.2. The molecule has 0 aliphatic carbocycles. The molecule has 1 aliphatic heterocycles. The van der Waals surface area contributed by atoms with E-state index in [1.165, 1.54) is 12.3 Å². The van der Waals surface area contributed by atoms with Gasteiger partial charge in [0.15, 0.2) is 5.54 Å². The molecule has 1 unspecified atom stereocenters. The van der Waals surface area contributed by atoms with E-state index < -0.39 is 16.4 Å². The summed E-state index contributed by atoms with van der Waals surface area (Å²) in [5.74, 6) is -1.09. The van der Waals surface area contributed by atoms with Crippen molar-refractivity contribution >= 4 is 17.3 Å². The van der Waals surface area contributed by atoms with Crippen LogP contribution in [0.5, 0.6) is 0 Å². The number of nitrogens with zero attached hydrogens (tertiary/aromatic N) is 2. The van der Waals surface area contributed by atoms with E-state index in [2.05, 4.69) is 10.3 Å². The zero-order valence-electron chi connectivity index (χ0n) is 9.33. The van der Waals surface area contributed by atoms with E-state index >= 15 is 0 Å². The number of ether oxygens (including phenoxy) is 1. The molecule has 1 fully saturated rings. The van der Waals surface area contributed by atoms with Crippen LogP contribution < -0.4 is 5.32 Å². The molecule has 8 heteroatoms. The molecule has 2 N–H and O–H groups in total. The Labute approximate surface area is 102 Å². The molecule has 2 heterocycles. The molecule has 8 nitrogen and oxygen atoms in total. The summed E-state index contributed by atoms with van der Waals surface area (Å²) in [6, 6.07) is 1.38. The van der Waals surface area contributed by atoms with E-state index in [-0.39, 0.29) is 24.4 Å². The minimum Gasteiger partial charge on any atom is -0.479 e. The Kier molecular flexibility index (Phi) is 3.11. The number of rotatable bonds is 4. The monoisotopic (exact) mass is 253 g/mol. The van der Waals surface area contributed by atoms with Gasteiger partial charge in [-0.3, -0.25) is 15.1 Å². The van der Waals surface area contributed by atoms with Crippen molar-refractivity contribution in [3.05, 3.63) is 28.6 Å². The van der Waals surface area contributed by atoms with E-state index in [9.17, 15) is 20.0 Å². The predicted molar refractivity (Wildman–Crippen MR) is 60.3 cm³/mol. The predicted octanol–water partition coefficient (Wildman–Crippen LogP) is 0.645. The summed E-state index contributed by atoms with van der Waals surface area (Å²) in [6.45, 7) is 0.278. The van der Waals surface area contributed by atoms with Gasteiger partial charge in [0.05, 0.1) is 11.5 Å². The number of aromatic nitrogens is 1. The Balaban J connectivity index is 2.33. The molecule has 0 spiro atoms. The molecule has 1 aliphatic rings. The van der Waals surface area contributed by atoms with Crippen LogP contribution in [0.4, 0.5) is 11.4 Å². The van der Waals surface area contributed by atoms with E-state index in [4.69, 9.17) is 4.74 Å². The first-order chi connectivity index (χ1) is 8.55. The van der Waals surface area contributed by atoms with Crippen molar-refractivity contribution in [1.82, 2.24) is 4.98 Å². The summed E-state index contributed by atoms with van der Waals surface area (Å²) in [5.41, 5.74) is -1.44. The van der Waals surface area contributed by atoms with Crippen molar-refractivity contribution in [2.24, 2.45) is 0 Å². The average Bonchev–Trinajstić information content (AvgIpc) is 2.79. The number of carboxylic acids is 1. The van der Waals surface area contributed by atoms with Gasteiger partial charge in [-0.2, -0.15) is 0 Å². The lowest BCUT2D eigenvalue weighted by molar-refractivity contribution is -0.384. The maximum Gasteiger partial charge on any atom is 0.331 e. The summed E-state index contributed by atoms with van der Waals surface area (Å²) >= 11 is 0. The molecule has 18 heavy (non-hydrogen) atoms. The number of carboxylic acid groups (broad SMARTS) is 1. The van der Waals surface area contributed by atoms with Crippen LogP contribution in [0, 0.1) is 10.1 Å². The molecule has 1 aromatic heterocycles. The SMILES string of the molecule is O=C(O)C1(Nc2ccncc2[N+](=O)[O-])CCOC1. The third-order valence-electron chi connectivity index (χ3n) is 2.80. The van der Waals surface area contributed by atoms with E-state index in [0.29, 0.717) is 6.61 Å². The quantitative estimate of drug-likeness (QED) is 0.597. The van der Waals surface area contributed by atoms with Gasteiger partial charge < -0.3 is 15.2 Å². The maximum absolute atomic E-state index is 11.3. The van der Waals surface area contributed by atoms with Gasteiger partial charge in [0.1, 0.15) is 11.9 Å². The Hall–Kier alpha value is -2.22. The molecule has 1 aromatic rings. The molecular formula is C10H11N3O5. The van der Waals surface area contributed by atoms with Crippen LogP contribution >= 0.6 is 0 Å². The highest BCUT2D eigenvalue weighted by Gasteiger charge is 2.43. The summed E-state index contributed by atoms with van der Waals surface area (Å²) in [5, 5.41) is 22.7. The summed E-state index contributed by atoms with van der Waals surface area (Å²) in [6.07, 6.45) is 2.69. The first-order valence-corrected chi connectivity index (χ1v) is 5.23. The van der Waals surface area contributed by atoms with Gasteiger partial charge in [-0.25, -0.2) is 4.79 Å². The van der Waals surface area contributed by atoms with Gasteiger partial charge in [-0.05, 0) is 6.07 Å². The fraction of sp³-hybridized carbons (Fsp3) is 0.400. The van der Waals surface area contributed by atoms with Gasteiger partial charge in [0.25, 0.3) is 0 Å². The van der Waals surface area contributed by atoms with Crippen molar-refractivity contribution < 1.29 is 19.6 Å². The lowest BCUT2D eigenvalue weighted by Gasteiger charge is -2.24. The number of anilines is 1. The van der Waals surface area contributed by atoms with Crippen molar-refractivity contribution in [2.75, 3.05) is 18.5 Å². The fourth-order valence-electron chi connectivity index (χ4n) is 1.78. The normalized spacial score (nSPS) is 22.7. The highest BCUT2D eigenvalue weighted by Crippen LogP contribution is 2.29. The molecular weight excluding hydrogens is 242 g/mol. The molecule has 0 saturated carbocycles. The number of carbonyl (C=O) groups is 1. The summed E-state index contributed by atoms with van der Waals surface area (Å²) in [4.78, 5) is 25.1. The van der Waals surface area contributed by atoms with Crippen LogP contribution in [-0.2, 0) is 9.53 Å². The number of hydrogen-bond acceptors (Lipinski definition) is 6. The summed E-state index contributed by atoms with van der Waals surface area (Å²) in [7, 11) is 0. The number of nitro groups is 1. The highest BCUT2D eigenvalue weighted by molar-refractivity contribution is 5.84. The number of hydrogen-bond donors (Lipinski definition) is 2. The molecule has 1 saturated heterocycles. The van der Waals surface area contributed by atoms with Gasteiger partial charge in [0.2, 0.25) is 0 Å². The minimum absolute atomic E-state index is 0.0260. The standard InChI is InChI=1S/C10H11N3O5/c14-9(15)10(2-4-18-6-10)12-7-1-3-11-5-8(7)13(16)17/h1,3,5H,2,4,6H2,(H,11,12)(H,14,15). The Morgan fingerprint density at radius 3 is 3.00 bits per heavy atom. The summed E-state index contributed by atoms with van der Waals surface area (Å²) < 4.78 is 5.07. The molecule has 0 bridgehead atoms. The number of aliphatic carboxylic acids is 1. The van der Waals surface area contributed by atoms with E-state index in [0.717, 1.165) is 6.20 Å². The third kappa shape index (κ3) is 2.09. The molecule has 0 aromatic carbocycles. The first-order valence-electron chi connectivity index (χ1n) is 5.23. The average molecular weight is 253 g/mol. The van der Waals surface area contributed by atoms with Crippen LogP contribution in [0.25, 0.3) is 0 Å². The minimum atomic E-state index is -1.31. The second kappa shape index (κ2) is 4.57. The second-order valence-corrected chi connectivity index (χ2v) is 3.96. The third-order valence-corrected chi connectivity index (χ3v) is 2.80. The number of nitrogens with one attached hydrogen (secondary N) is 1. The smallest absolute Gasteiger partial charge is 0.331 e. The molecule has 0 radical (unpaired) electrons. The number of pyridine rings is 1. The Bertz CT molecular complexity index is 484. The van der Waals surface area contributed by atoms with Crippen LogP contribution in [0.1, 0.15) is 6.42 Å². The van der Waals surface area contributed by atoms with Crippen molar-refractivity contribution in [3.63, 3.8) is 0 Å². The molecule has 2 rings (SSSR count). The Morgan fingerprint density at radius 1 is 1.67 bits per heavy atom. The van der Waals surface area contributed by atoms with Gasteiger partial charge in [-0.1, -0.05) is 0 Å². The lowest BCUT2D eigenvalue weighted by Crippen LogP contribution is -2.47. The van der Waals surface area contributed by atoms with Crippen molar-refractivity contribution in [3.8, 4) is 0 Å². The van der Waals surface area contributed by atoms with Gasteiger partial charge in [-0.15, -0.1) is 0 Å². The zero-order chi connectivity index (χ0) is 13.2. The molecule has 1 atom stereocenters. The fourth-order valence-corrected chi connectivity index (χ4v) is 1.78. The largest absolute Gasteiger partial charge is 0.479 e. The van der Waals surface area contributed by atoms with Gasteiger partial charge in [0, 0.05) is 19.2 Å². The maximum atomic E-state index is 11.3. The molecule has 0 amide bonds.